The van der Waals surface area contributed by atoms with Crippen molar-refractivity contribution in [2.75, 3.05) is 7.05 Å². The lowest BCUT2D eigenvalue weighted by atomic mass is 9.88. The second kappa shape index (κ2) is 4.55. The highest BCUT2D eigenvalue weighted by Gasteiger charge is 2.13. The summed E-state index contributed by atoms with van der Waals surface area (Å²) in [6.45, 7) is 6.47. The predicted octanol–water partition coefficient (Wildman–Crippen LogP) is 2.18. The van der Waals surface area contributed by atoms with Gasteiger partial charge in [0.05, 0.1) is 4.90 Å². The topological polar surface area (TPSA) is 46.2 Å². The molecule has 90 valence electrons. The Balaban J connectivity index is 2.93. The third kappa shape index (κ3) is 3.61. The van der Waals surface area contributed by atoms with Crippen LogP contribution in [0, 0.1) is 5.41 Å². The molecule has 0 radical (unpaired) electrons. The molecule has 0 saturated heterocycles. The molecule has 0 fully saturated rings. The Bertz CT molecular complexity index is 441. The average molecular weight is 241 g/mol. The molecule has 0 aliphatic rings. The number of benzene rings is 1. The summed E-state index contributed by atoms with van der Waals surface area (Å²) in [4.78, 5) is 0.313. The van der Waals surface area contributed by atoms with Crippen LogP contribution in [0.15, 0.2) is 29.2 Å². The van der Waals surface area contributed by atoms with E-state index in [4.69, 9.17) is 0 Å². The van der Waals surface area contributed by atoms with Crippen molar-refractivity contribution in [2.45, 2.75) is 32.1 Å². The zero-order chi connectivity index (χ0) is 12.4. The molecule has 4 heteroatoms. The van der Waals surface area contributed by atoms with E-state index in [-0.39, 0.29) is 5.41 Å². The van der Waals surface area contributed by atoms with Crippen molar-refractivity contribution in [3.8, 4) is 0 Å². The maximum Gasteiger partial charge on any atom is 0.240 e. The van der Waals surface area contributed by atoms with Gasteiger partial charge in [-0.05, 0) is 36.6 Å². The van der Waals surface area contributed by atoms with Gasteiger partial charge in [0.1, 0.15) is 0 Å². The Morgan fingerprint density at radius 3 is 2.00 bits per heavy atom. The predicted molar refractivity (Wildman–Crippen MR) is 65.8 cm³/mol. The Kier molecular flexibility index (Phi) is 3.76. The molecule has 1 rings (SSSR count). The second-order valence-electron chi connectivity index (χ2n) is 5.09. The monoisotopic (exact) mass is 241 g/mol. The Morgan fingerprint density at radius 2 is 1.62 bits per heavy atom. The molecule has 0 aliphatic carbocycles. The molecule has 1 N–H and O–H groups in total. The molecule has 0 aliphatic heterocycles. The molecule has 0 amide bonds. The van der Waals surface area contributed by atoms with Crippen LogP contribution >= 0.6 is 0 Å². The van der Waals surface area contributed by atoms with E-state index in [9.17, 15) is 8.42 Å². The van der Waals surface area contributed by atoms with Gasteiger partial charge in [0.25, 0.3) is 0 Å². The molecule has 3 nitrogen and oxygen atoms in total. The quantitative estimate of drug-likeness (QED) is 0.881. The normalized spacial score (nSPS) is 12.8. The maximum absolute atomic E-state index is 11.5. The number of sulfonamides is 1. The number of rotatable bonds is 3. The van der Waals surface area contributed by atoms with Gasteiger partial charge >= 0.3 is 0 Å². The first-order valence-corrected chi connectivity index (χ1v) is 6.75. The van der Waals surface area contributed by atoms with Gasteiger partial charge in [0, 0.05) is 0 Å². The van der Waals surface area contributed by atoms with E-state index in [0.717, 1.165) is 12.0 Å². The van der Waals surface area contributed by atoms with E-state index in [2.05, 4.69) is 25.5 Å². The van der Waals surface area contributed by atoms with E-state index in [1.165, 1.54) is 7.05 Å². The summed E-state index contributed by atoms with van der Waals surface area (Å²) in [5.74, 6) is 0. The molecule has 0 aromatic heterocycles. The fourth-order valence-corrected chi connectivity index (χ4v) is 2.25. The Labute approximate surface area is 97.9 Å². The van der Waals surface area contributed by atoms with E-state index < -0.39 is 10.0 Å². The van der Waals surface area contributed by atoms with E-state index in [1.54, 1.807) is 12.1 Å². The van der Waals surface area contributed by atoms with Gasteiger partial charge in [0.2, 0.25) is 10.0 Å². The summed E-state index contributed by atoms with van der Waals surface area (Å²) >= 11 is 0. The minimum atomic E-state index is -3.31. The van der Waals surface area contributed by atoms with Crippen LogP contribution in [0.2, 0.25) is 0 Å². The molecule has 0 saturated carbocycles. The first-order valence-electron chi connectivity index (χ1n) is 5.27. The summed E-state index contributed by atoms with van der Waals surface area (Å²) in [6, 6.07) is 7.03. The van der Waals surface area contributed by atoms with Crippen LogP contribution in [0.1, 0.15) is 26.3 Å². The molecule has 0 atom stereocenters. The van der Waals surface area contributed by atoms with E-state index >= 15 is 0 Å². The molecule has 1 aromatic carbocycles. The second-order valence-corrected chi connectivity index (χ2v) is 6.98. The highest BCUT2D eigenvalue weighted by molar-refractivity contribution is 7.89. The molecule has 0 unspecified atom stereocenters. The van der Waals surface area contributed by atoms with Crippen molar-refractivity contribution < 1.29 is 8.42 Å². The van der Waals surface area contributed by atoms with Crippen LogP contribution in [0.4, 0.5) is 0 Å². The van der Waals surface area contributed by atoms with Crippen LogP contribution in [-0.2, 0) is 16.4 Å². The molecular weight excluding hydrogens is 222 g/mol. The lowest BCUT2D eigenvalue weighted by molar-refractivity contribution is 0.411. The molecule has 16 heavy (non-hydrogen) atoms. The SMILES string of the molecule is CNS(=O)(=O)c1ccc(CC(C)(C)C)cc1. The average Bonchev–Trinajstić information content (AvgIpc) is 2.16. The summed E-state index contributed by atoms with van der Waals surface area (Å²) in [7, 11) is -1.89. The smallest absolute Gasteiger partial charge is 0.214 e. The van der Waals surface area contributed by atoms with Crippen LogP contribution in [0.25, 0.3) is 0 Å². The van der Waals surface area contributed by atoms with E-state index in [1.807, 2.05) is 12.1 Å². The zero-order valence-corrected chi connectivity index (χ0v) is 11.1. The standard InChI is InChI=1S/C12H19NO2S/c1-12(2,3)9-10-5-7-11(8-6-10)16(14,15)13-4/h5-8,13H,9H2,1-4H3. The highest BCUT2D eigenvalue weighted by Crippen LogP contribution is 2.21. The molecule has 1 aromatic rings. The molecular formula is C12H19NO2S. The largest absolute Gasteiger partial charge is 0.240 e. The van der Waals surface area contributed by atoms with Crippen molar-refractivity contribution in [1.82, 2.24) is 4.72 Å². The van der Waals surface area contributed by atoms with Crippen molar-refractivity contribution in [3.63, 3.8) is 0 Å². The third-order valence-electron chi connectivity index (χ3n) is 2.24. The molecule has 0 heterocycles. The number of nitrogens with one attached hydrogen (secondary N) is 1. The lowest BCUT2D eigenvalue weighted by Gasteiger charge is -2.18. The first kappa shape index (κ1) is 13.2. The van der Waals surface area contributed by atoms with Gasteiger partial charge in [-0.3, -0.25) is 0 Å². The third-order valence-corrected chi connectivity index (χ3v) is 3.67. The fraction of sp³-hybridized carbons (Fsp3) is 0.500. The maximum atomic E-state index is 11.5. The van der Waals surface area contributed by atoms with Gasteiger partial charge < -0.3 is 0 Å². The lowest BCUT2D eigenvalue weighted by Crippen LogP contribution is -2.18. The van der Waals surface area contributed by atoms with Crippen LogP contribution in [0.3, 0.4) is 0 Å². The van der Waals surface area contributed by atoms with Crippen LogP contribution < -0.4 is 4.72 Å². The van der Waals surface area contributed by atoms with E-state index in [0.29, 0.717) is 4.90 Å². The molecule has 0 spiro atoms. The minimum absolute atomic E-state index is 0.212. The van der Waals surface area contributed by atoms with Crippen molar-refractivity contribution >= 4 is 10.0 Å². The van der Waals surface area contributed by atoms with Gasteiger partial charge in [-0.2, -0.15) is 0 Å². The van der Waals surface area contributed by atoms with Gasteiger partial charge in [-0.1, -0.05) is 32.9 Å². The zero-order valence-electron chi connectivity index (χ0n) is 10.2. The molecule has 0 bridgehead atoms. The van der Waals surface area contributed by atoms with Crippen LogP contribution in [0.5, 0.6) is 0 Å². The van der Waals surface area contributed by atoms with Crippen molar-refractivity contribution in [2.24, 2.45) is 5.41 Å². The van der Waals surface area contributed by atoms with Gasteiger partial charge in [-0.25, -0.2) is 13.1 Å². The summed E-state index contributed by atoms with van der Waals surface area (Å²) < 4.78 is 25.3. The Morgan fingerprint density at radius 1 is 1.12 bits per heavy atom. The number of hydrogen-bond donors (Lipinski definition) is 1. The summed E-state index contributed by atoms with van der Waals surface area (Å²) in [5, 5.41) is 0. The highest BCUT2D eigenvalue weighted by atomic mass is 32.2. The van der Waals surface area contributed by atoms with Crippen LogP contribution in [-0.4, -0.2) is 15.5 Å². The Hall–Kier alpha value is -0.870. The first-order chi connectivity index (χ1) is 7.24. The van der Waals surface area contributed by atoms with Gasteiger partial charge in [-0.15, -0.1) is 0 Å². The summed E-state index contributed by atoms with van der Waals surface area (Å²) in [5.41, 5.74) is 1.37. The van der Waals surface area contributed by atoms with Crippen molar-refractivity contribution in [1.29, 1.82) is 0 Å². The van der Waals surface area contributed by atoms with Crippen molar-refractivity contribution in [3.05, 3.63) is 29.8 Å². The summed E-state index contributed by atoms with van der Waals surface area (Å²) in [6.07, 6.45) is 0.937. The fourth-order valence-electron chi connectivity index (χ4n) is 1.52. The number of hydrogen-bond acceptors (Lipinski definition) is 2. The van der Waals surface area contributed by atoms with Gasteiger partial charge in [0.15, 0.2) is 0 Å². The minimum Gasteiger partial charge on any atom is -0.214 e.